The highest BCUT2D eigenvalue weighted by Gasteiger charge is 2.32. The zero-order valence-electron chi connectivity index (χ0n) is 23.3. The van der Waals surface area contributed by atoms with Gasteiger partial charge < -0.3 is 10.2 Å². The third-order valence-electron chi connectivity index (χ3n) is 6.65. The fourth-order valence-electron chi connectivity index (χ4n) is 4.44. The molecule has 2 amide bonds. The highest BCUT2D eigenvalue weighted by molar-refractivity contribution is 5.88. The van der Waals surface area contributed by atoms with Gasteiger partial charge >= 0.3 is 0 Å². The van der Waals surface area contributed by atoms with Gasteiger partial charge in [0.05, 0.1) is 0 Å². The Morgan fingerprint density at radius 1 is 0.838 bits per heavy atom. The first kappa shape index (κ1) is 28.2. The van der Waals surface area contributed by atoms with Gasteiger partial charge in [0, 0.05) is 24.9 Å². The van der Waals surface area contributed by atoms with E-state index in [1.54, 1.807) is 4.90 Å². The largest absolute Gasteiger partial charge is 0.350 e. The first-order valence-electron chi connectivity index (χ1n) is 13.3. The third kappa shape index (κ3) is 8.59. The van der Waals surface area contributed by atoms with Crippen molar-refractivity contribution in [2.45, 2.75) is 84.8 Å². The molecule has 37 heavy (non-hydrogen) atoms. The van der Waals surface area contributed by atoms with Gasteiger partial charge in [-0.05, 0) is 67.9 Å². The second-order valence-electron chi connectivity index (χ2n) is 11.3. The van der Waals surface area contributed by atoms with Gasteiger partial charge in [-0.2, -0.15) is 0 Å². The minimum atomic E-state index is -0.614. The number of hydrogen-bond acceptors (Lipinski definition) is 2. The molecule has 3 aromatic rings. The number of carbonyl (C=O) groups excluding carboxylic acids is 2. The number of hydrogen-bond donors (Lipinski definition) is 1. The number of amides is 2. The van der Waals surface area contributed by atoms with Crippen molar-refractivity contribution in [1.29, 1.82) is 0 Å². The number of nitrogens with zero attached hydrogens (tertiary/aromatic N) is 1. The monoisotopic (exact) mass is 498 g/mol. The summed E-state index contributed by atoms with van der Waals surface area (Å²) >= 11 is 0. The maximum absolute atomic E-state index is 13.9. The van der Waals surface area contributed by atoms with E-state index in [-0.39, 0.29) is 11.8 Å². The molecule has 3 rings (SSSR count). The van der Waals surface area contributed by atoms with Gasteiger partial charge in [-0.1, -0.05) is 92.7 Å². The molecule has 0 saturated carbocycles. The highest BCUT2D eigenvalue weighted by Crippen LogP contribution is 2.20. The summed E-state index contributed by atoms with van der Waals surface area (Å²) in [5.41, 5.74) is 5.22. The van der Waals surface area contributed by atoms with E-state index in [4.69, 9.17) is 0 Å². The van der Waals surface area contributed by atoms with Crippen molar-refractivity contribution in [2.75, 3.05) is 0 Å². The molecule has 196 valence electrons. The van der Waals surface area contributed by atoms with Crippen LogP contribution in [0.4, 0.5) is 0 Å². The molecule has 0 fully saturated rings. The van der Waals surface area contributed by atoms with Crippen LogP contribution in [0.5, 0.6) is 0 Å². The molecule has 0 radical (unpaired) electrons. The van der Waals surface area contributed by atoms with Crippen molar-refractivity contribution >= 4 is 11.8 Å². The Hall–Kier alpha value is -3.40. The standard InChI is InChI=1S/C33H42N2O2/c1-24(2)28-19-16-26(17-20-28)18-21-31(36)35(23-29-15-11-10-12-25(29)3)30(32(37)34-33(4,5)6)22-27-13-8-7-9-14-27/h7-17,19-20,24,30H,18,21-23H2,1-6H3,(H,34,37). The van der Waals surface area contributed by atoms with Crippen LogP contribution in [0.15, 0.2) is 78.9 Å². The highest BCUT2D eigenvalue weighted by atomic mass is 16.2. The predicted octanol–water partition coefficient (Wildman–Crippen LogP) is 6.61. The molecule has 1 atom stereocenters. The normalized spacial score (nSPS) is 12.3. The number of rotatable bonds is 10. The van der Waals surface area contributed by atoms with Gasteiger partial charge in [0.15, 0.2) is 0 Å². The summed E-state index contributed by atoms with van der Waals surface area (Å²) < 4.78 is 0. The van der Waals surface area contributed by atoms with E-state index in [9.17, 15) is 9.59 Å². The predicted molar refractivity (Wildman–Crippen MR) is 152 cm³/mol. The Kier molecular flexibility index (Phi) is 9.68. The second kappa shape index (κ2) is 12.7. The fraction of sp³-hybridized carbons (Fsp3) is 0.394. The van der Waals surface area contributed by atoms with E-state index in [1.165, 1.54) is 5.56 Å². The van der Waals surface area contributed by atoms with E-state index in [2.05, 4.69) is 56.4 Å². The lowest BCUT2D eigenvalue weighted by molar-refractivity contribution is -0.141. The molecule has 3 aromatic carbocycles. The van der Waals surface area contributed by atoms with Crippen LogP contribution in [0.1, 0.15) is 74.8 Å². The number of carbonyl (C=O) groups is 2. The second-order valence-corrected chi connectivity index (χ2v) is 11.3. The van der Waals surface area contributed by atoms with Gasteiger partial charge in [0.1, 0.15) is 6.04 Å². The molecule has 0 saturated heterocycles. The van der Waals surface area contributed by atoms with E-state index in [1.807, 2.05) is 69.3 Å². The summed E-state index contributed by atoms with van der Waals surface area (Å²) in [7, 11) is 0. The summed E-state index contributed by atoms with van der Waals surface area (Å²) in [5.74, 6) is 0.334. The van der Waals surface area contributed by atoms with Gasteiger partial charge in [-0.15, -0.1) is 0 Å². The summed E-state index contributed by atoms with van der Waals surface area (Å²) in [6.07, 6.45) is 1.45. The average Bonchev–Trinajstić information content (AvgIpc) is 2.85. The summed E-state index contributed by atoms with van der Waals surface area (Å²) in [6.45, 7) is 12.7. The van der Waals surface area contributed by atoms with Crippen LogP contribution in [0.25, 0.3) is 0 Å². The Bertz CT molecular complexity index is 1160. The van der Waals surface area contributed by atoms with Crippen molar-refractivity contribution in [2.24, 2.45) is 0 Å². The van der Waals surface area contributed by atoms with Gasteiger partial charge in [-0.3, -0.25) is 9.59 Å². The molecule has 0 bridgehead atoms. The topological polar surface area (TPSA) is 49.4 Å². The van der Waals surface area contributed by atoms with Crippen molar-refractivity contribution < 1.29 is 9.59 Å². The molecule has 4 nitrogen and oxygen atoms in total. The van der Waals surface area contributed by atoms with E-state index in [0.29, 0.717) is 31.7 Å². The van der Waals surface area contributed by atoms with Crippen LogP contribution in [-0.2, 0) is 29.0 Å². The minimum absolute atomic E-state index is 0.0128. The van der Waals surface area contributed by atoms with Crippen LogP contribution >= 0.6 is 0 Å². The zero-order chi connectivity index (χ0) is 27.0. The summed E-state index contributed by atoms with van der Waals surface area (Å²) in [4.78, 5) is 29.3. The van der Waals surface area contributed by atoms with Crippen LogP contribution in [0.2, 0.25) is 0 Å². The minimum Gasteiger partial charge on any atom is -0.350 e. The lowest BCUT2D eigenvalue weighted by atomic mass is 9.98. The van der Waals surface area contributed by atoms with Crippen molar-refractivity contribution in [1.82, 2.24) is 10.2 Å². The van der Waals surface area contributed by atoms with E-state index < -0.39 is 11.6 Å². The van der Waals surface area contributed by atoms with Crippen LogP contribution < -0.4 is 5.32 Å². The maximum atomic E-state index is 13.9. The van der Waals surface area contributed by atoms with Crippen LogP contribution in [-0.4, -0.2) is 28.3 Å². The first-order chi connectivity index (χ1) is 17.5. The van der Waals surface area contributed by atoms with Crippen molar-refractivity contribution in [3.8, 4) is 0 Å². The van der Waals surface area contributed by atoms with Gasteiger partial charge in [-0.25, -0.2) is 0 Å². The molecule has 1 unspecified atom stereocenters. The Morgan fingerprint density at radius 3 is 2.05 bits per heavy atom. The lowest BCUT2D eigenvalue weighted by Gasteiger charge is -2.34. The molecule has 0 heterocycles. The zero-order valence-corrected chi connectivity index (χ0v) is 23.3. The molecular formula is C33H42N2O2. The number of aryl methyl sites for hydroxylation is 2. The van der Waals surface area contributed by atoms with Gasteiger partial charge in [0.2, 0.25) is 11.8 Å². The van der Waals surface area contributed by atoms with E-state index in [0.717, 1.165) is 22.3 Å². The SMILES string of the molecule is Cc1ccccc1CN(C(=O)CCc1ccc(C(C)C)cc1)C(Cc1ccccc1)C(=O)NC(C)(C)C. The summed E-state index contributed by atoms with van der Waals surface area (Å²) in [6, 6.07) is 25.9. The molecule has 0 aliphatic rings. The quantitative estimate of drug-likeness (QED) is 0.342. The molecule has 0 spiro atoms. The smallest absolute Gasteiger partial charge is 0.243 e. The molecule has 0 aliphatic heterocycles. The van der Waals surface area contributed by atoms with Crippen LogP contribution in [0, 0.1) is 6.92 Å². The van der Waals surface area contributed by atoms with E-state index >= 15 is 0 Å². The molecule has 4 heteroatoms. The fourth-order valence-corrected chi connectivity index (χ4v) is 4.44. The van der Waals surface area contributed by atoms with Gasteiger partial charge in [0.25, 0.3) is 0 Å². The maximum Gasteiger partial charge on any atom is 0.243 e. The Morgan fingerprint density at radius 2 is 1.46 bits per heavy atom. The Balaban J connectivity index is 1.91. The molecule has 0 aromatic heterocycles. The Labute approximate surface area is 223 Å². The van der Waals surface area contributed by atoms with Crippen LogP contribution in [0.3, 0.4) is 0 Å². The molecule has 1 N–H and O–H groups in total. The average molecular weight is 499 g/mol. The number of nitrogens with one attached hydrogen (secondary N) is 1. The molecule has 0 aliphatic carbocycles. The third-order valence-corrected chi connectivity index (χ3v) is 6.65. The lowest BCUT2D eigenvalue weighted by Crippen LogP contribution is -2.54. The first-order valence-corrected chi connectivity index (χ1v) is 13.3. The van der Waals surface area contributed by atoms with Crippen molar-refractivity contribution in [3.63, 3.8) is 0 Å². The number of benzene rings is 3. The summed E-state index contributed by atoms with van der Waals surface area (Å²) in [5, 5.41) is 3.13. The molecular weight excluding hydrogens is 456 g/mol. The van der Waals surface area contributed by atoms with Crippen molar-refractivity contribution in [3.05, 3.63) is 107 Å².